The maximum absolute atomic E-state index is 12.1. The van der Waals surface area contributed by atoms with E-state index < -0.39 is 0 Å². The molecule has 7 nitrogen and oxygen atoms in total. The van der Waals surface area contributed by atoms with Gasteiger partial charge in [0.2, 0.25) is 0 Å². The second kappa shape index (κ2) is 10.6. The number of methoxy groups -OCH3 is 1. The van der Waals surface area contributed by atoms with Crippen LogP contribution < -0.4 is 20.1 Å². The molecular formula is C27H28BrN3O4. The van der Waals surface area contributed by atoms with Gasteiger partial charge in [-0.25, -0.2) is 4.79 Å². The number of ether oxygens (including phenoxy) is 3. The van der Waals surface area contributed by atoms with Crippen molar-refractivity contribution < 1.29 is 19.0 Å². The summed E-state index contributed by atoms with van der Waals surface area (Å²) in [7, 11) is 1.38. The Labute approximate surface area is 213 Å². The molecule has 182 valence electrons. The van der Waals surface area contributed by atoms with Crippen molar-refractivity contribution in [3.63, 3.8) is 0 Å². The molecule has 0 saturated heterocycles. The zero-order chi connectivity index (χ0) is 24.2. The first kappa shape index (κ1) is 23.5. The largest absolute Gasteiger partial charge is 0.493 e. The molecule has 8 heteroatoms. The summed E-state index contributed by atoms with van der Waals surface area (Å²) in [5.41, 5.74) is 4.61. The van der Waals surface area contributed by atoms with Crippen LogP contribution in [0.4, 0.5) is 11.4 Å². The number of benzene rings is 2. The van der Waals surface area contributed by atoms with E-state index in [4.69, 9.17) is 14.2 Å². The van der Waals surface area contributed by atoms with Gasteiger partial charge >= 0.3 is 5.97 Å². The normalized spacial score (nSPS) is 18.3. The van der Waals surface area contributed by atoms with Gasteiger partial charge in [0, 0.05) is 47.3 Å². The number of aromatic nitrogens is 1. The lowest BCUT2D eigenvalue weighted by Gasteiger charge is -2.28. The number of hydrogen-bond acceptors (Lipinski definition) is 7. The van der Waals surface area contributed by atoms with E-state index in [1.807, 2.05) is 6.07 Å². The van der Waals surface area contributed by atoms with Crippen molar-refractivity contribution in [2.75, 3.05) is 44.0 Å². The summed E-state index contributed by atoms with van der Waals surface area (Å²) in [5.74, 6) is 2.15. The number of pyridine rings is 1. The summed E-state index contributed by atoms with van der Waals surface area (Å²) in [6.45, 7) is 2.89. The standard InChI is InChI=1S/C27H28BrN3O4/c1-33-27(32)23-6-9-29-16-24(23)31-15-18-8-11-35-26-13-20(3-5-22(18)26)30-14-17-7-10-34-25-12-19(28)2-4-21(17)25/h2-6,9,12-13,16-18,30-31H,7-8,10-11,14-15H2,1H3/t17-,18+/m1/s1. The van der Waals surface area contributed by atoms with Gasteiger partial charge in [0.05, 0.1) is 37.8 Å². The molecule has 0 spiro atoms. The minimum atomic E-state index is -0.377. The lowest BCUT2D eigenvalue weighted by Crippen LogP contribution is -2.22. The highest BCUT2D eigenvalue weighted by Crippen LogP contribution is 2.38. The molecule has 2 atom stereocenters. The lowest BCUT2D eigenvalue weighted by molar-refractivity contribution is 0.0601. The third-order valence-electron chi connectivity index (χ3n) is 6.63. The summed E-state index contributed by atoms with van der Waals surface area (Å²) >= 11 is 3.53. The van der Waals surface area contributed by atoms with Crippen LogP contribution in [0.3, 0.4) is 0 Å². The molecule has 2 N–H and O–H groups in total. The molecule has 0 fully saturated rings. The zero-order valence-corrected chi connectivity index (χ0v) is 21.1. The number of nitrogens with zero attached hydrogens (tertiary/aromatic N) is 1. The molecule has 0 saturated carbocycles. The predicted molar refractivity (Wildman–Crippen MR) is 139 cm³/mol. The first-order valence-corrected chi connectivity index (χ1v) is 12.6. The Balaban J connectivity index is 1.25. The highest BCUT2D eigenvalue weighted by atomic mass is 79.9. The second-order valence-corrected chi connectivity index (χ2v) is 9.69. The molecule has 3 aromatic rings. The molecule has 0 amide bonds. The van der Waals surface area contributed by atoms with Crippen LogP contribution in [0.25, 0.3) is 0 Å². The first-order chi connectivity index (χ1) is 17.1. The molecule has 0 radical (unpaired) electrons. The average molecular weight is 538 g/mol. The van der Waals surface area contributed by atoms with Crippen LogP contribution in [0.2, 0.25) is 0 Å². The summed E-state index contributed by atoms with van der Waals surface area (Å²) in [5, 5.41) is 6.98. The Bertz CT molecular complexity index is 1220. The monoisotopic (exact) mass is 537 g/mol. The predicted octanol–water partition coefficient (Wildman–Crippen LogP) is 5.59. The highest BCUT2D eigenvalue weighted by Gasteiger charge is 2.24. The van der Waals surface area contributed by atoms with E-state index in [9.17, 15) is 4.79 Å². The quantitative estimate of drug-likeness (QED) is 0.380. The van der Waals surface area contributed by atoms with E-state index in [1.54, 1.807) is 18.5 Å². The Hall–Kier alpha value is -3.26. The Morgan fingerprint density at radius 1 is 1.00 bits per heavy atom. The fourth-order valence-corrected chi connectivity index (χ4v) is 5.07. The molecule has 2 aromatic carbocycles. The van der Waals surface area contributed by atoms with Gasteiger partial charge in [0.15, 0.2) is 0 Å². The number of esters is 1. The molecular weight excluding hydrogens is 510 g/mol. The van der Waals surface area contributed by atoms with Crippen LogP contribution >= 0.6 is 15.9 Å². The molecule has 1 aromatic heterocycles. The van der Waals surface area contributed by atoms with E-state index in [1.165, 1.54) is 18.2 Å². The van der Waals surface area contributed by atoms with Gasteiger partial charge < -0.3 is 24.8 Å². The highest BCUT2D eigenvalue weighted by molar-refractivity contribution is 9.10. The van der Waals surface area contributed by atoms with Crippen molar-refractivity contribution in [2.24, 2.45) is 0 Å². The minimum Gasteiger partial charge on any atom is -0.493 e. The summed E-state index contributed by atoms with van der Waals surface area (Å²) in [6, 6.07) is 14.3. The molecule has 3 heterocycles. The average Bonchev–Trinajstić information content (AvgIpc) is 2.90. The second-order valence-electron chi connectivity index (χ2n) is 8.78. The fourth-order valence-electron chi connectivity index (χ4n) is 4.73. The van der Waals surface area contributed by atoms with Gasteiger partial charge in [0.25, 0.3) is 0 Å². The smallest absolute Gasteiger partial charge is 0.340 e. The van der Waals surface area contributed by atoms with Crippen molar-refractivity contribution in [3.8, 4) is 11.5 Å². The number of halogens is 1. The van der Waals surface area contributed by atoms with Gasteiger partial charge in [-0.15, -0.1) is 0 Å². The SMILES string of the molecule is COC(=O)c1ccncc1NC[C@@H]1CCOc2cc(NC[C@H]3CCOc4cc(Br)ccc43)ccc21. The molecule has 35 heavy (non-hydrogen) atoms. The summed E-state index contributed by atoms with van der Waals surface area (Å²) < 4.78 is 17.8. The number of fused-ring (bicyclic) bond motifs is 2. The lowest BCUT2D eigenvalue weighted by atomic mass is 9.92. The van der Waals surface area contributed by atoms with Crippen LogP contribution in [0, 0.1) is 0 Å². The van der Waals surface area contributed by atoms with E-state index in [2.05, 4.69) is 61.9 Å². The van der Waals surface area contributed by atoms with Crippen molar-refractivity contribution in [3.05, 3.63) is 76.0 Å². The van der Waals surface area contributed by atoms with Gasteiger partial charge in [-0.3, -0.25) is 4.98 Å². The van der Waals surface area contributed by atoms with Crippen LogP contribution in [-0.2, 0) is 4.74 Å². The van der Waals surface area contributed by atoms with Crippen LogP contribution in [0.15, 0.2) is 59.3 Å². The van der Waals surface area contributed by atoms with Crippen molar-refractivity contribution in [2.45, 2.75) is 24.7 Å². The van der Waals surface area contributed by atoms with E-state index in [0.717, 1.165) is 47.7 Å². The van der Waals surface area contributed by atoms with Gasteiger partial charge in [-0.1, -0.05) is 28.1 Å². The van der Waals surface area contributed by atoms with Crippen LogP contribution in [0.5, 0.6) is 11.5 Å². The van der Waals surface area contributed by atoms with Gasteiger partial charge in [-0.05, 0) is 48.2 Å². The zero-order valence-electron chi connectivity index (χ0n) is 19.6. The van der Waals surface area contributed by atoms with Crippen molar-refractivity contribution in [1.29, 1.82) is 0 Å². The molecule has 2 aliphatic heterocycles. The molecule has 0 aliphatic carbocycles. The number of hydrogen-bond donors (Lipinski definition) is 2. The van der Waals surface area contributed by atoms with E-state index in [-0.39, 0.29) is 11.9 Å². The van der Waals surface area contributed by atoms with Crippen molar-refractivity contribution >= 4 is 33.3 Å². The fraction of sp³-hybridized carbons (Fsp3) is 0.333. The molecule has 5 rings (SSSR count). The summed E-state index contributed by atoms with van der Waals surface area (Å²) in [4.78, 5) is 16.2. The molecule has 0 bridgehead atoms. The van der Waals surface area contributed by atoms with Crippen LogP contribution in [-0.4, -0.2) is 44.4 Å². The number of anilines is 2. The Kier molecular flexibility index (Phi) is 7.08. The molecule has 0 unspecified atom stereocenters. The topological polar surface area (TPSA) is 81.7 Å². The summed E-state index contributed by atoms with van der Waals surface area (Å²) in [6.07, 6.45) is 5.13. The van der Waals surface area contributed by atoms with Gasteiger partial charge in [-0.2, -0.15) is 0 Å². The minimum absolute atomic E-state index is 0.263. The number of nitrogens with one attached hydrogen (secondary N) is 2. The van der Waals surface area contributed by atoms with Gasteiger partial charge in [0.1, 0.15) is 11.5 Å². The first-order valence-electron chi connectivity index (χ1n) is 11.8. The Morgan fingerprint density at radius 3 is 2.43 bits per heavy atom. The number of carbonyl (C=O) groups is 1. The number of rotatable bonds is 7. The van der Waals surface area contributed by atoms with Crippen molar-refractivity contribution in [1.82, 2.24) is 4.98 Å². The third-order valence-corrected chi connectivity index (χ3v) is 7.13. The maximum Gasteiger partial charge on any atom is 0.340 e. The maximum atomic E-state index is 12.1. The van der Waals surface area contributed by atoms with Crippen LogP contribution in [0.1, 0.15) is 46.2 Å². The number of carbonyl (C=O) groups excluding carboxylic acids is 1. The third kappa shape index (κ3) is 5.22. The van der Waals surface area contributed by atoms with E-state index >= 15 is 0 Å². The Morgan fingerprint density at radius 2 is 1.69 bits per heavy atom. The molecule has 2 aliphatic rings. The van der Waals surface area contributed by atoms with E-state index in [0.29, 0.717) is 30.3 Å².